The molecule has 0 aliphatic carbocycles. The van der Waals surface area contributed by atoms with E-state index in [1.165, 1.54) is 0 Å². The summed E-state index contributed by atoms with van der Waals surface area (Å²) in [5.41, 5.74) is 5.17. The molecule has 0 radical (unpaired) electrons. The number of para-hydroxylation sites is 3. The SMILES string of the molecule is CCCCOc1ccccc1N(Nc1ccccc1)OCCCC. The zero-order valence-corrected chi connectivity index (χ0v) is 14.7. The van der Waals surface area contributed by atoms with Gasteiger partial charge in [-0.1, -0.05) is 57.0 Å². The number of nitrogens with zero attached hydrogens (tertiary/aromatic N) is 1. The first-order chi connectivity index (χ1) is 11.8. The molecular formula is C20H28N2O2. The number of hydrogen-bond donors (Lipinski definition) is 1. The zero-order valence-electron chi connectivity index (χ0n) is 14.7. The van der Waals surface area contributed by atoms with Gasteiger partial charge in [0.05, 0.1) is 18.9 Å². The molecule has 0 saturated carbocycles. The first kappa shape index (κ1) is 18.1. The van der Waals surface area contributed by atoms with Gasteiger partial charge in [-0.15, -0.1) is 0 Å². The Kier molecular flexibility index (Phi) is 7.98. The molecule has 0 atom stereocenters. The van der Waals surface area contributed by atoms with Crippen LogP contribution in [0.15, 0.2) is 54.6 Å². The number of anilines is 2. The molecule has 4 nitrogen and oxygen atoms in total. The molecule has 0 spiro atoms. The van der Waals surface area contributed by atoms with Crippen molar-refractivity contribution in [3.63, 3.8) is 0 Å². The van der Waals surface area contributed by atoms with E-state index in [0.717, 1.165) is 42.8 Å². The third-order valence-corrected chi connectivity index (χ3v) is 3.56. The summed E-state index contributed by atoms with van der Waals surface area (Å²) in [5.74, 6) is 0.825. The summed E-state index contributed by atoms with van der Waals surface area (Å²) in [6, 6.07) is 18.0. The number of hydrogen-bond acceptors (Lipinski definition) is 4. The van der Waals surface area contributed by atoms with Gasteiger partial charge in [0.1, 0.15) is 11.4 Å². The predicted molar refractivity (Wildman–Crippen MR) is 100 cm³/mol. The molecule has 4 heteroatoms. The lowest BCUT2D eigenvalue weighted by Crippen LogP contribution is -2.31. The van der Waals surface area contributed by atoms with Crippen LogP contribution in [0.1, 0.15) is 39.5 Å². The van der Waals surface area contributed by atoms with Crippen LogP contribution >= 0.6 is 0 Å². The fourth-order valence-electron chi connectivity index (χ4n) is 2.17. The molecule has 0 amide bonds. The summed E-state index contributed by atoms with van der Waals surface area (Å²) < 4.78 is 5.94. The van der Waals surface area contributed by atoms with Crippen LogP contribution in [0, 0.1) is 0 Å². The van der Waals surface area contributed by atoms with Gasteiger partial charge < -0.3 is 4.74 Å². The van der Waals surface area contributed by atoms with E-state index in [0.29, 0.717) is 13.2 Å². The third-order valence-electron chi connectivity index (χ3n) is 3.56. The topological polar surface area (TPSA) is 33.7 Å². The third kappa shape index (κ3) is 5.78. The van der Waals surface area contributed by atoms with Crippen LogP contribution < -0.4 is 15.3 Å². The van der Waals surface area contributed by atoms with Gasteiger partial charge in [0.15, 0.2) is 0 Å². The molecule has 0 aromatic heterocycles. The summed E-state index contributed by atoms with van der Waals surface area (Å²) >= 11 is 0. The van der Waals surface area contributed by atoms with Crippen molar-refractivity contribution in [3.05, 3.63) is 54.6 Å². The first-order valence-electron chi connectivity index (χ1n) is 8.81. The maximum absolute atomic E-state index is 5.96. The van der Waals surface area contributed by atoms with Crippen LogP contribution in [-0.4, -0.2) is 13.2 Å². The Labute approximate surface area is 145 Å². The van der Waals surface area contributed by atoms with Crippen LogP contribution in [0.3, 0.4) is 0 Å². The Balaban J connectivity index is 2.15. The average molecular weight is 328 g/mol. The van der Waals surface area contributed by atoms with Gasteiger partial charge in [-0.05, 0) is 37.1 Å². The maximum atomic E-state index is 5.96. The van der Waals surface area contributed by atoms with E-state index in [9.17, 15) is 0 Å². The van der Waals surface area contributed by atoms with Crippen LogP contribution in [-0.2, 0) is 4.84 Å². The van der Waals surface area contributed by atoms with E-state index in [1.807, 2.05) is 54.6 Å². The lowest BCUT2D eigenvalue weighted by molar-refractivity contribution is 0.116. The molecule has 1 N–H and O–H groups in total. The Hall–Kier alpha value is -2.20. The summed E-state index contributed by atoms with van der Waals surface area (Å²) in [6.45, 7) is 5.67. The molecule has 0 fully saturated rings. The van der Waals surface area contributed by atoms with E-state index < -0.39 is 0 Å². The first-order valence-corrected chi connectivity index (χ1v) is 8.81. The summed E-state index contributed by atoms with van der Waals surface area (Å²) in [7, 11) is 0. The minimum absolute atomic E-state index is 0.652. The number of nitrogens with one attached hydrogen (secondary N) is 1. The highest BCUT2D eigenvalue weighted by Crippen LogP contribution is 2.29. The van der Waals surface area contributed by atoms with Crippen molar-refractivity contribution >= 4 is 11.4 Å². The van der Waals surface area contributed by atoms with Crippen LogP contribution in [0.4, 0.5) is 11.4 Å². The van der Waals surface area contributed by atoms with Crippen molar-refractivity contribution in [3.8, 4) is 5.75 Å². The minimum Gasteiger partial charge on any atom is -0.491 e. The highest BCUT2D eigenvalue weighted by atomic mass is 16.7. The van der Waals surface area contributed by atoms with E-state index in [1.54, 1.807) is 5.17 Å². The monoisotopic (exact) mass is 328 g/mol. The fourth-order valence-corrected chi connectivity index (χ4v) is 2.17. The van der Waals surface area contributed by atoms with Crippen LogP contribution in [0.2, 0.25) is 0 Å². The van der Waals surface area contributed by atoms with Gasteiger partial charge in [-0.25, -0.2) is 0 Å². The minimum atomic E-state index is 0.652. The van der Waals surface area contributed by atoms with Gasteiger partial charge >= 0.3 is 0 Å². The number of benzene rings is 2. The lowest BCUT2D eigenvalue weighted by atomic mass is 10.3. The molecule has 2 rings (SSSR count). The smallest absolute Gasteiger partial charge is 0.147 e. The largest absolute Gasteiger partial charge is 0.491 e. The molecule has 0 unspecified atom stereocenters. The average Bonchev–Trinajstić information content (AvgIpc) is 2.63. The molecular weight excluding hydrogens is 300 g/mol. The fraction of sp³-hybridized carbons (Fsp3) is 0.400. The number of hydrazine groups is 1. The van der Waals surface area contributed by atoms with Gasteiger partial charge in [0, 0.05) is 0 Å². The molecule has 0 aliphatic rings. The van der Waals surface area contributed by atoms with E-state index >= 15 is 0 Å². The van der Waals surface area contributed by atoms with E-state index in [4.69, 9.17) is 9.57 Å². The van der Waals surface area contributed by atoms with Crippen LogP contribution in [0.5, 0.6) is 5.75 Å². The molecule has 0 aliphatic heterocycles. The molecule has 0 heterocycles. The maximum Gasteiger partial charge on any atom is 0.147 e. The van der Waals surface area contributed by atoms with Crippen molar-refractivity contribution < 1.29 is 9.57 Å². The summed E-state index contributed by atoms with van der Waals surface area (Å²) in [5, 5.41) is 1.71. The number of ether oxygens (including phenoxy) is 1. The summed E-state index contributed by atoms with van der Waals surface area (Å²) in [6.07, 6.45) is 4.25. The van der Waals surface area contributed by atoms with Crippen molar-refractivity contribution in [2.24, 2.45) is 0 Å². The van der Waals surface area contributed by atoms with Gasteiger partial charge in [-0.3, -0.25) is 10.3 Å². The second-order valence-corrected chi connectivity index (χ2v) is 5.63. The van der Waals surface area contributed by atoms with E-state index in [-0.39, 0.29) is 0 Å². The Morgan fingerprint density at radius 3 is 2.25 bits per heavy atom. The summed E-state index contributed by atoms with van der Waals surface area (Å²) in [4.78, 5) is 5.96. The number of unbranched alkanes of at least 4 members (excludes halogenated alkanes) is 2. The normalized spacial score (nSPS) is 10.4. The molecule has 0 saturated heterocycles. The second kappa shape index (κ2) is 10.6. The Morgan fingerprint density at radius 1 is 0.833 bits per heavy atom. The predicted octanol–water partition coefficient (Wildman–Crippen LogP) is 5.43. The standard InChI is InChI=1S/C20H28N2O2/c1-3-5-16-23-20-15-11-10-14-19(20)22(24-17-6-4-2)21-18-12-8-7-9-13-18/h7-15,21H,3-6,16-17H2,1-2H3. The van der Waals surface area contributed by atoms with Crippen molar-refractivity contribution in [1.82, 2.24) is 0 Å². The van der Waals surface area contributed by atoms with Crippen LogP contribution in [0.25, 0.3) is 0 Å². The Bertz CT molecular complexity index is 575. The van der Waals surface area contributed by atoms with Gasteiger partial charge in [-0.2, -0.15) is 5.17 Å². The molecule has 130 valence electrons. The Morgan fingerprint density at radius 2 is 1.50 bits per heavy atom. The second-order valence-electron chi connectivity index (χ2n) is 5.63. The molecule has 2 aromatic carbocycles. The zero-order chi connectivity index (χ0) is 17.0. The molecule has 0 bridgehead atoms. The lowest BCUT2D eigenvalue weighted by Gasteiger charge is -2.27. The number of rotatable bonds is 11. The van der Waals surface area contributed by atoms with E-state index in [2.05, 4.69) is 19.3 Å². The van der Waals surface area contributed by atoms with Crippen molar-refractivity contribution in [2.75, 3.05) is 23.8 Å². The highest BCUT2D eigenvalue weighted by molar-refractivity contribution is 5.60. The van der Waals surface area contributed by atoms with Gasteiger partial charge in [0.25, 0.3) is 0 Å². The van der Waals surface area contributed by atoms with Crippen molar-refractivity contribution in [1.29, 1.82) is 0 Å². The van der Waals surface area contributed by atoms with Gasteiger partial charge in [0.2, 0.25) is 0 Å². The highest BCUT2D eigenvalue weighted by Gasteiger charge is 2.13. The molecule has 24 heavy (non-hydrogen) atoms. The molecule has 2 aromatic rings. The van der Waals surface area contributed by atoms with Crippen molar-refractivity contribution in [2.45, 2.75) is 39.5 Å². The quantitative estimate of drug-likeness (QED) is 0.440.